The number of carboxylic acid groups (broad SMARTS) is 1. The molecule has 152 valence electrons. The van der Waals surface area contributed by atoms with Crippen molar-refractivity contribution in [3.8, 4) is 17.3 Å². The van der Waals surface area contributed by atoms with E-state index in [-0.39, 0.29) is 17.3 Å². The molecule has 1 aromatic heterocycles. The summed E-state index contributed by atoms with van der Waals surface area (Å²) in [6.45, 7) is 6.04. The van der Waals surface area contributed by atoms with E-state index in [0.29, 0.717) is 12.0 Å². The predicted octanol–water partition coefficient (Wildman–Crippen LogP) is 4.44. The summed E-state index contributed by atoms with van der Waals surface area (Å²) in [5.41, 5.74) is 1.91. The molecule has 0 atom stereocenters. The highest BCUT2D eigenvalue weighted by atomic mass is 32.1. The smallest absolute Gasteiger partial charge is 0.345 e. The van der Waals surface area contributed by atoms with Gasteiger partial charge in [-0.1, -0.05) is 26.0 Å². The van der Waals surface area contributed by atoms with E-state index in [0.717, 1.165) is 25.8 Å². The fourth-order valence-corrected chi connectivity index (χ4v) is 3.60. The number of nitriles is 1. The van der Waals surface area contributed by atoms with Gasteiger partial charge >= 0.3 is 12.0 Å². The molecule has 0 radical (unpaired) electrons. The summed E-state index contributed by atoms with van der Waals surface area (Å²) in [5, 5.41) is 18.1. The number of carbonyl (C=O) groups is 3. The van der Waals surface area contributed by atoms with Crippen LogP contribution >= 0.6 is 11.3 Å². The van der Waals surface area contributed by atoms with Crippen molar-refractivity contribution in [1.29, 1.82) is 5.26 Å². The van der Waals surface area contributed by atoms with Gasteiger partial charge in [0.05, 0.1) is 0 Å². The van der Waals surface area contributed by atoms with Crippen LogP contribution in [-0.4, -0.2) is 46.4 Å². The van der Waals surface area contributed by atoms with Gasteiger partial charge in [-0.25, -0.2) is 14.5 Å². The molecule has 0 aliphatic heterocycles. The Morgan fingerprint density at radius 2 is 1.83 bits per heavy atom. The molecule has 1 aromatic carbocycles. The van der Waals surface area contributed by atoms with Gasteiger partial charge < -0.3 is 5.11 Å². The van der Waals surface area contributed by atoms with Gasteiger partial charge in [0.25, 0.3) is 5.91 Å². The third kappa shape index (κ3) is 5.21. The van der Waals surface area contributed by atoms with Crippen molar-refractivity contribution < 1.29 is 19.5 Å². The summed E-state index contributed by atoms with van der Waals surface area (Å²) in [5.74, 6) is -1.16. The quantitative estimate of drug-likeness (QED) is 0.557. The first kappa shape index (κ1) is 22.1. The SMILES string of the molecule is Cc1sc(C(=O)O)cc1-c1ccc(C(=O)N(CCC(C)C)C(=O)N(C)C#N)cc1. The Labute approximate surface area is 173 Å². The molecule has 29 heavy (non-hydrogen) atoms. The molecular weight excluding hydrogens is 390 g/mol. The Kier molecular flexibility index (Phi) is 7.13. The summed E-state index contributed by atoms with van der Waals surface area (Å²) >= 11 is 1.20. The molecule has 2 rings (SSSR count). The number of benzene rings is 1. The number of hydrogen-bond donors (Lipinski definition) is 1. The van der Waals surface area contributed by atoms with Gasteiger partial charge in [0, 0.05) is 24.0 Å². The first-order valence-electron chi connectivity index (χ1n) is 9.09. The van der Waals surface area contributed by atoms with Crippen LogP contribution in [0.4, 0.5) is 4.79 Å². The van der Waals surface area contributed by atoms with E-state index in [2.05, 4.69) is 0 Å². The van der Waals surface area contributed by atoms with Gasteiger partial charge in [0.1, 0.15) is 4.88 Å². The summed E-state index contributed by atoms with van der Waals surface area (Å²) in [4.78, 5) is 39.6. The lowest BCUT2D eigenvalue weighted by atomic mass is 10.0. The van der Waals surface area contributed by atoms with Crippen molar-refractivity contribution in [3.63, 3.8) is 0 Å². The third-order valence-corrected chi connectivity index (χ3v) is 5.45. The van der Waals surface area contributed by atoms with Crippen LogP contribution in [0.15, 0.2) is 30.3 Å². The number of aryl methyl sites for hydroxylation is 1. The maximum absolute atomic E-state index is 12.9. The zero-order valence-corrected chi connectivity index (χ0v) is 17.6. The van der Waals surface area contributed by atoms with Crippen LogP contribution < -0.4 is 0 Å². The summed E-state index contributed by atoms with van der Waals surface area (Å²) in [6.07, 6.45) is 2.36. The highest BCUT2D eigenvalue weighted by molar-refractivity contribution is 7.14. The van der Waals surface area contributed by atoms with Crippen molar-refractivity contribution in [2.45, 2.75) is 27.2 Å². The molecule has 1 heterocycles. The molecule has 0 spiro atoms. The average molecular weight is 413 g/mol. The van der Waals surface area contributed by atoms with E-state index in [1.807, 2.05) is 20.8 Å². The van der Waals surface area contributed by atoms with Crippen LogP contribution in [0.1, 0.15) is 45.2 Å². The number of aromatic carboxylic acids is 1. The van der Waals surface area contributed by atoms with E-state index in [1.54, 1.807) is 36.5 Å². The number of nitrogens with zero attached hydrogens (tertiary/aromatic N) is 3. The summed E-state index contributed by atoms with van der Waals surface area (Å²) in [6, 6.07) is 7.62. The molecule has 0 aliphatic rings. The molecule has 7 nitrogen and oxygen atoms in total. The number of urea groups is 1. The minimum atomic E-state index is -0.975. The lowest BCUT2D eigenvalue weighted by molar-refractivity contribution is 0.0700. The average Bonchev–Trinajstić information content (AvgIpc) is 3.09. The maximum Gasteiger partial charge on any atom is 0.345 e. The van der Waals surface area contributed by atoms with E-state index < -0.39 is 17.9 Å². The second kappa shape index (κ2) is 9.34. The van der Waals surface area contributed by atoms with Crippen LogP contribution in [0.5, 0.6) is 0 Å². The van der Waals surface area contributed by atoms with Gasteiger partial charge in [0.15, 0.2) is 6.19 Å². The van der Waals surface area contributed by atoms with Crippen molar-refractivity contribution in [2.24, 2.45) is 5.92 Å². The number of rotatable bonds is 6. The maximum atomic E-state index is 12.9. The lowest BCUT2D eigenvalue weighted by Crippen LogP contribution is -2.43. The van der Waals surface area contributed by atoms with E-state index in [4.69, 9.17) is 10.4 Å². The molecular formula is C21H23N3O4S. The number of thiophene rings is 1. The molecule has 0 saturated carbocycles. The number of amides is 3. The number of hydrogen-bond acceptors (Lipinski definition) is 5. The monoisotopic (exact) mass is 413 g/mol. The van der Waals surface area contributed by atoms with Crippen LogP contribution in [-0.2, 0) is 0 Å². The number of imide groups is 1. The van der Waals surface area contributed by atoms with E-state index >= 15 is 0 Å². The highest BCUT2D eigenvalue weighted by Crippen LogP contribution is 2.31. The highest BCUT2D eigenvalue weighted by Gasteiger charge is 2.26. The first-order chi connectivity index (χ1) is 13.6. The summed E-state index contributed by atoms with van der Waals surface area (Å²) in [7, 11) is 1.32. The molecule has 1 N–H and O–H groups in total. The lowest BCUT2D eigenvalue weighted by Gasteiger charge is -2.23. The molecule has 2 aromatic rings. The van der Waals surface area contributed by atoms with Crippen molar-refractivity contribution in [3.05, 3.63) is 45.6 Å². The van der Waals surface area contributed by atoms with Crippen LogP contribution in [0.2, 0.25) is 0 Å². The van der Waals surface area contributed by atoms with Crippen LogP contribution in [0.3, 0.4) is 0 Å². The van der Waals surface area contributed by atoms with Crippen LogP contribution in [0, 0.1) is 24.3 Å². The summed E-state index contributed by atoms with van der Waals surface area (Å²) < 4.78 is 0. The Morgan fingerprint density at radius 3 is 2.31 bits per heavy atom. The molecule has 0 saturated heterocycles. The topological polar surface area (TPSA) is 102 Å². The van der Waals surface area contributed by atoms with Crippen molar-refractivity contribution >= 4 is 29.2 Å². The van der Waals surface area contributed by atoms with E-state index in [1.165, 1.54) is 18.4 Å². The second-order valence-corrected chi connectivity index (χ2v) is 8.30. The molecule has 0 bridgehead atoms. The molecule has 8 heteroatoms. The van der Waals surface area contributed by atoms with Gasteiger partial charge in [0.2, 0.25) is 0 Å². The molecule has 0 aliphatic carbocycles. The van der Waals surface area contributed by atoms with Crippen LogP contribution in [0.25, 0.3) is 11.1 Å². The van der Waals surface area contributed by atoms with Gasteiger partial charge in [-0.3, -0.25) is 9.69 Å². The number of carbonyl (C=O) groups excluding carboxylic acids is 2. The first-order valence-corrected chi connectivity index (χ1v) is 9.90. The predicted molar refractivity (Wildman–Crippen MR) is 111 cm³/mol. The Balaban J connectivity index is 2.30. The molecule has 3 amide bonds. The largest absolute Gasteiger partial charge is 0.477 e. The Bertz CT molecular complexity index is 957. The standard InChI is InChI=1S/C21H23N3O4S/c1-13(2)9-10-24(21(28)23(4)12-22)19(25)16-7-5-15(6-8-16)17-11-18(20(26)27)29-14(17)3/h5-8,11,13H,9-10H2,1-4H3,(H,26,27). The molecule has 0 unspecified atom stereocenters. The van der Waals surface area contributed by atoms with Gasteiger partial charge in [-0.05, 0) is 48.6 Å². The van der Waals surface area contributed by atoms with Crippen molar-refractivity contribution in [2.75, 3.05) is 13.6 Å². The minimum Gasteiger partial charge on any atom is -0.477 e. The Morgan fingerprint density at radius 1 is 1.21 bits per heavy atom. The fraction of sp³-hybridized carbons (Fsp3) is 0.333. The van der Waals surface area contributed by atoms with Crippen molar-refractivity contribution in [1.82, 2.24) is 9.80 Å². The van der Waals surface area contributed by atoms with Gasteiger partial charge in [-0.15, -0.1) is 11.3 Å². The zero-order valence-electron chi connectivity index (χ0n) is 16.8. The normalized spacial score (nSPS) is 10.5. The number of carboxylic acids is 1. The Hall–Kier alpha value is -3.18. The fourth-order valence-electron chi connectivity index (χ4n) is 2.72. The minimum absolute atomic E-state index is 0.217. The zero-order chi connectivity index (χ0) is 21.7. The van der Waals surface area contributed by atoms with Gasteiger partial charge in [-0.2, -0.15) is 5.26 Å². The second-order valence-electron chi connectivity index (χ2n) is 7.04. The van der Waals surface area contributed by atoms with E-state index in [9.17, 15) is 14.4 Å². The third-order valence-electron chi connectivity index (χ3n) is 4.41. The molecule has 0 fully saturated rings.